The monoisotopic (exact) mass is 300 g/mol. The first-order valence-electron chi connectivity index (χ1n) is 5.98. The van der Waals surface area contributed by atoms with Gasteiger partial charge < -0.3 is 5.32 Å². The molecule has 0 aliphatic carbocycles. The average Bonchev–Trinajstić information content (AvgIpc) is 2.49. The number of hydrogen-bond donors (Lipinski definition) is 1. The summed E-state index contributed by atoms with van der Waals surface area (Å²) in [7, 11) is -3.25. The van der Waals surface area contributed by atoms with Crippen molar-refractivity contribution in [2.24, 2.45) is 0 Å². The highest BCUT2D eigenvalue weighted by molar-refractivity contribution is 7.91. The van der Waals surface area contributed by atoms with Crippen LogP contribution in [0.15, 0.2) is 0 Å². The SMILES string of the molecule is O=C1CCN(C2CCS(=O)(=O)C2)C(C(F)(F)F)CN1. The summed E-state index contributed by atoms with van der Waals surface area (Å²) in [6, 6.07) is -2.46. The number of amides is 1. The summed E-state index contributed by atoms with van der Waals surface area (Å²) in [5.74, 6) is -0.772. The van der Waals surface area contributed by atoms with Gasteiger partial charge in [0, 0.05) is 25.6 Å². The standard InChI is InChI=1S/C10H15F3N2O3S/c11-10(12,13)8-5-14-9(16)1-3-15(8)7-2-4-19(17,18)6-7/h7-8H,1-6H2,(H,14,16). The van der Waals surface area contributed by atoms with Crippen LogP contribution in [-0.2, 0) is 14.6 Å². The molecule has 2 rings (SSSR count). The first kappa shape index (κ1) is 14.6. The highest BCUT2D eigenvalue weighted by Crippen LogP contribution is 2.30. The molecular weight excluding hydrogens is 285 g/mol. The van der Waals surface area contributed by atoms with E-state index in [0.717, 1.165) is 4.90 Å². The molecular formula is C10H15F3N2O3S. The van der Waals surface area contributed by atoms with E-state index in [1.165, 1.54) is 0 Å². The maximum atomic E-state index is 13.0. The number of hydrogen-bond acceptors (Lipinski definition) is 4. The van der Waals surface area contributed by atoms with Gasteiger partial charge in [-0.05, 0) is 6.42 Å². The summed E-state index contributed by atoms with van der Waals surface area (Å²) in [5.41, 5.74) is 0. The number of nitrogens with one attached hydrogen (secondary N) is 1. The molecule has 0 radical (unpaired) electrons. The molecule has 2 fully saturated rings. The largest absolute Gasteiger partial charge is 0.405 e. The van der Waals surface area contributed by atoms with Crippen LogP contribution in [0.3, 0.4) is 0 Å². The molecule has 0 aromatic rings. The predicted molar refractivity (Wildman–Crippen MR) is 61.2 cm³/mol. The van der Waals surface area contributed by atoms with Crippen LogP contribution in [0.1, 0.15) is 12.8 Å². The smallest absolute Gasteiger partial charge is 0.354 e. The van der Waals surface area contributed by atoms with Crippen molar-refractivity contribution in [2.45, 2.75) is 31.1 Å². The van der Waals surface area contributed by atoms with Crippen LogP contribution in [0.2, 0.25) is 0 Å². The molecule has 0 aromatic carbocycles. The Bertz CT molecular complexity index is 463. The van der Waals surface area contributed by atoms with Crippen LogP contribution in [-0.4, -0.2) is 62.1 Å². The molecule has 110 valence electrons. The zero-order valence-electron chi connectivity index (χ0n) is 10.1. The van der Waals surface area contributed by atoms with Crippen LogP contribution >= 0.6 is 0 Å². The van der Waals surface area contributed by atoms with Gasteiger partial charge in [-0.2, -0.15) is 13.2 Å². The Hall–Kier alpha value is -0.830. The Morgan fingerprint density at radius 3 is 2.53 bits per heavy atom. The maximum absolute atomic E-state index is 13.0. The van der Waals surface area contributed by atoms with Gasteiger partial charge in [0.05, 0.1) is 11.5 Å². The predicted octanol–water partition coefficient (Wildman–Crippen LogP) is -0.0737. The first-order valence-corrected chi connectivity index (χ1v) is 7.81. The summed E-state index contributed by atoms with van der Waals surface area (Å²) in [5, 5.41) is 2.23. The number of carbonyl (C=O) groups is 1. The summed E-state index contributed by atoms with van der Waals surface area (Å²) in [6.45, 7) is -0.574. The Balaban J connectivity index is 2.21. The molecule has 2 saturated heterocycles. The van der Waals surface area contributed by atoms with E-state index in [2.05, 4.69) is 5.32 Å². The Morgan fingerprint density at radius 1 is 1.32 bits per heavy atom. The van der Waals surface area contributed by atoms with Crippen LogP contribution in [0.5, 0.6) is 0 Å². The van der Waals surface area contributed by atoms with Crippen LogP contribution in [0.25, 0.3) is 0 Å². The van der Waals surface area contributed by atoms with E-state index in [1.54, 1.807) is 0 Å². The van der Waals surface area contributed by atoms with E-state index < -0.39 is 40.5 Å². The van der Waals surface area contributed by atoms with Gasteiger partial charge >= 0.3 is 6.18 Å². The van der Waals surface area contributed by atoms with Crippen molar-refractivity contribution in [3.8, 4) is 0 Å². The molecule has 0 spiro atoms. The number of carbonyl (C=O) groups excluding carboxylic acids is 1. The molecule has 0 saturated carbocycles. The maximum Gasteiger partial charge on any atom is 0.405 e. The molecule has 9 heteroatoms. The van der Waals surface area contributed by atoms with Gasteiger partial charge in [0.2, 0.25) is 5.91 Å². The first-order chi connectivity index (χ1) is 8.69. The Kier molecular flexibility index (Phi) is 3.78. The summed E-state index contributed by atoms with van der Waals surface area (Å²) >= 11 is 0. The van der Waals surface area contributed by atoms with Gasteiger partial charge in [-0.3, -0.25) is 9.69 Å². The van der Waals surface area contributed by atoms with Crippen LogP contribution in [0.4, 0.5) is 13.2 Å². The molecule has 2 aliphatic heterocycles. The van der Waals surface area contributed by atoms with Gasteiger partial charge in [-0.1, -0.05) is 0 Å². The van der Waals surface area contributed by atoms with Crippen molar-refractivity contribution in [1.82, 2.24) is 10.2 Å². The minimum absolute atomic E-state index is 0.0386. The molecule has 2 aliphatic rings. The molecule has 2 unspecified atom stereocenters. The van der Waals surface area contributed by atoms with E-state index in [9.17, 15) is 26.4 Å². The van der Waals surface area contributed by atoms with Crippen molar-refractivity contribution in [3.05, 3.63) is 0 Å². The molecule has 0 aromatic heterocycles. The van der Waals surface area contributed by atoms with E-state index in [0.29, 0.717) is 0 Å². The van der Waals surface area contributed by atoms with Gasteiger partial charge in [0.25, 0.3) is 0 Å². The number of rotatable bonds is 1. The number of alkyl halides is 3. The lowest BCUT2D eigenvalue weighted by Crippen LogP contribution is -2.54. The highest BCUT2D eigenvalue weighted by Gasteiger charge is 2.48. The topological polar surface area (TPSA) is 66.5 Å². The zero-order chi connectivity index (χ0) is 14.3. The lowest BCUT2D eigenvalue weighted by molar-refractivity contribution is -0.185. The van der Waals surface area contributed by atoms with Crippen molar-refractivity contribution in [2.75, 3.05) is 24.6 Å². The molecule has 1 amide bonds. The highest BCUT2D eigenvalue weighted by atomic mass is 32.2. The lowest BCUT2D eigenvalue weighted by Gasteiger charge is -2.34. The van der Waals surface area contributed by atoms with Crippen LogP contribution < -0.4 is 5.32 Å². The van der Waals surface area contributed by atoms with Gasteiger partial charge in [0.1, 0.15) is 6.04 Å². The van der Waals surface area contributed by atoms with Gasteiger partial charge in [-0.25, -0.2) is 8.42 Å². The molecule has 2 atom stereocenters. The fourth-order valence-electron chi connectivity index (χ4n) is 2.58. The van der Waals surface area contributed by atoms with Crippen molar-refractivity contribution in [1.29, 1.82) is 0 Å². The van der Waals surface area contributed by atoms with E-state index in [-0.39, 0.29) is 30.9 Å². The van der Waals surface area contributed by atoms with E-state index >= 15 is 0 Å². The van der Waals surface area contributed by atoms with E-state index in [4.69, 9.17) is 0 Å². The number of halogens is 3. The Morgan fingerprint density at radius 2 is 2.00 bits per heavy atom. The second-order valence-electron chi connectivity index (χ2n) is 4.91. The molecule has 19 heavy (non-hydrogen) atoms. The minimum atomic E-state index is -4.48. The fourth-order valence-corrected chi connectivity index (χ4v) is 4.32. The number of nitrogens with zero attached hydrogens (tertiary/aromatic N) is 1. The lowest BCUT2D eigenvalue weighted by atomic mass is 10.1. The quantitative estimate of drug-likeness (QED) is 0.736. The van der Waals surface area contributed by atoms with Crippen molar-refractivity contribution in [3.63, 3.8) is 0 Å². The fraction of sp³-hybridized carbons (Fsp3) is 0.900. The Labute approximate surface area is 109 Å². The third kappa shape index (κ3) is 3.38. The third-order valence-corrected chi connectivity index (χ3v) is 5.30. The van der Waals surface area contributed by atoms with Crippen molar-refractivity contribution >= 4 is 15.7 Å². The normalized spacial score (nSPS) is 32.9. The molecule has 5 nitrogen and oxygen atoms in total. The van der Waals surface area contributed by atoms with Gasteiger partial charge in [0.15, 0.2) is 9.84 Å². The van der Waals surface area contributed by atoms with Crippen molar-refractivity contribution < 1.29 is 26.4 Å². The average molecular weight is 300 g/mol. The molecule has 2 heterocycles. The third-order valence-electron chi connectivity index (χ3n) is 3.55. The summed E-state index contributed by atoms with van der Waals surface area (Å²) in [6.07, 6.45) is -4.32. The molecule has 1 N–H and O–H groups in total. The zero-order valence-corrected chi connectivity index (χ0v) is 10.9. The van der Waals surface area contributed by atoms with E-state index in [1.807, 2.05) is 0 Å². The second-order valence-corrected chi connectivity index (χ2v) is 7.13. The van der Waals surface area contributed by atoms with Crippen LogP contribution in [0, 0.1) is 0 Å². The summed E-state index contributed by atoms with van der Waals surface area (Å²) in [4.78, 5) is 12.3. The summed E-state index contributed by atoms with van der Waals surface area (Å²) < 4.78 is 61.8. The second kappa shape index (κ2) is 4.93. The molecule has 0 bridgehead atoms. The number of sulfone groups is 1. The van der Waals surface area contributed by atoms with Gasteiger partial charge in [-0.15, -0.1) is 0 Å². The minimum Gasteiger partial charge on any atom is -0.354 e.